The smallest absolute Gasteiger partial charge is 0.281 e. The zero-order valence-electron chi connectivity index (χ0n) is 14.4. The summed E-state index contributed by atoms with van der Waals surface area (Å²) in [6.07, 6.45) is 2.50. The third-order valence-corrected chi connectivity index (χ3v) is 5.06. The number of carbonyl (C=O) groups is 1. The number of morpholine rings is 1. The number of anilines is 1. The van der Waals surface area contributed by atoms with Crippen molar-refractivity contribution in [3.63, 3.8) is 0 Å². The lowest BCUT2D eigenvalue weighted by Crippen LogP contribution is -3.16. The zero-order valence-corrected chi connectivity index (χ0v) is 15.2. The summed E-state index contributed by atoms with van der Waals surface area (Å²) in [5.41, 5.74) is 0.629. The Balaban J connectivity index is 1.54. The van der Waals surface area contributed by atoms with Crippen LogP contribution in [0.1, 0.15) is 24.3 Å². The third kappa shape index (κ3) is 5.07. The van der Waals surface area contributed by atoms with Gasteiger partial charge in [-0.3, -0.25) is 10.1 Å². The molecule has 2 aromatic rings. The van der Waals surface area contributed by atoms with Gasteiger partial charge in [0.2, 0.25) is 0 Å². The predicted molar refractivity (Wildman–Crippen MR) is 95.5 cm³/mol. The van der Waals surface area contributed by atoms with Crippen molar-refractivity contribution in [3.8, 4) is 0 Å². The van der Waals surface area contributed by atoms with Crippen LogP contribution in [0, 0.1) is 5.82 Å². The van der Waals surface area contributed by atoms with Gasteiger partial charge >= 0.3 is 0 Å². The van der Waals surface area contributed by atoms with Gasteiger partial charge in [0.05, 0.1) is 0 Å². The van der Waals surface area contributed by atoms with Crippen LogP contribution < -0.4 is 10.2 Å². The number of quaternary nitrogens is 1. The molecule has 0 radical (unpaired) electrons. The van der Waals surface area contributed by atoms with E-state index in [1.165, 1.54) is 22.3 Å². The summed E-state index contributed by atoms with van der Waals surface area (Å²) in [5, 5.41) is 3.41. The van der Waals surface area contributed by atoms with Crippen molar-refractivity contribution in [3.05, 3.63) is 46.7 Å². The van der Waals surface area contributed by atoms with E-state index in [0.29, 0.717) is 23.7 Å². The van der Waals surface area contributed by atoms with Crippen molar-refractivity contribution in [1.82, 2.24) is 4.98 Å². The van der Waals surface area contributed by atoms with Crippen LogP contribution in [0.3, 0.4) is 0 Å². The maximum atomic E-state index is 13.7. The molecule has 25 heavy (non-hydrogen) atoms. The molecule has 1 fully saturated rings. The largest absolute Gasteiger partial charge is 0.364 e. The van der Waals surface area contributed by atoms with Gasteiger partial charge in [0.1, 0.15) is 31.1 Å². The molecule has 2 atom stereocenters. The molecular weight excluding hydrogens is 341 g/mol. The molecule has 3 rings (SSSR count). The highest BCUT2D eigenvalue weighted by Crippen LogP contribution is 2.22. The second kappa shape index (κ2) is 8.03. The molecule has 1 aliphatic rings. The molecule has 0 spiro atoms. The molecule has 1 aliphatic heterocycles. The number of nitrogens with one attached hydrogen (secondary N) is 2. The number of nitrogens with zero attached hydrogens (tertiary/aromatic N) is 1. The molecule has 1 aromatic heterocycles. The van der Waals surface area contributed by atoms with E-state index in [2.05, 4.69) is 10.3 Å². The Bertz CT molecular complexity index is 727. The quantitative estimate of drug-likeness (QED) is 0.846. The highest BCUT2D eigenvalue weighted by Gasteiger charge is 2.27. The van der Waals surface area contributed by atoms with Crippen LogP contribution in [-0.2, 0) is 16.0 Å². The fraction of sp³-hybridized carbons (Fsp3) is 0.444. The summed E-state index contributed by atoms with van der Waals surface area (Å²) >= 11 is 1.38. The molecule has 134 valence electrons. The van der Waals surface area contributed by atoms with Gasteiger partial charge in [-0.15, -0.1) is 11.3 Å². The highest BCUT2D eigenvalue weighted by atomic mass is 32.1. The molecule has 2 heterocycles. The zero-order chi connectivity index (χ0) is 17.8. The van der Waals surface area contributed by atoms with E-state index >= 15 is 0 Å². The number of hydrogen-bond acceptors (Lipinski definition) is 4. The Morgan fingerprint density at radius 1 is 1.36 bits per heavy atom. The molecular formula is C18H23FN3O2S+. The normalized spacial score (nSPS) is 23.4. The molecule has 0 unspecified atom stereocenters. The van der Waals surface area contributed by atoms with Gasteiger partial charge < -0.3 is 9.64 Å². The first-order valence-electron chi connectivity index (χ1n) is 8.46. The van der Waals surface area contributed by atoms with E-state index in [1.54, 1.807) is 18.3 Å². The van der Waals surface area contributed by atoms with Crippen molar-refractivity contribution in [2.75, 3.05) is 25.0 Å². The monoisotopic (exact) mass is 364 g/mol. The number of ether oxygens (including phenoxy) is 1. The lowest BCUT2D eigenvalue weighted by Gasteiger charge is -2.31. The maximum absolute atomic E-state index is 13.7. The first-order valence-corrected chi connectivity index (χ1v) is 9.28. The van der Waals surface area contributed by atoms with Gasteiger partial charge in [-0.25, -0.2) is 9.37 Å². The van der Waals surface area contributed by atoms with Crippen LogP contribution in [-0.4, -0.2) is 42.7 Å². The number of benzene rings is 1. The molecule has 0 bridgehead atoms. The SMILES string of the molecule is C[C@H]1C[NH+](CC(=O)Nc2ncc(Cc3ccccc3F)s2)C[C@H](C)O1. The minimum absolute atomic E-state index is 0.0527. The number of amides is 1. The van der Waals surface area contributed by atoms with Crippen molar-refractivity contribution in [2.45, 2.75) is 32.5 Å². The predicted octanol–water partition coefficient (Wildman–Crippen LogP) is 1.50. The minimum atomic E-state index is -0.222. The summed E-state index contributed by atoms with van der Waals surface area (Å²) in [5.74, 6) is -0.274. The first-order chi connectivity index (χ1) is 12.0. The average Bonchev–Trinajstić information content (AvgIpc) is 2.95. The van der Waals surface area contributed by atoms with Crippen LogP contribution in [0.5, 0.6) is 0 Å². The first kappa shape index (κ1) is 18.0. The number of thiazole rings is 1. The summed E-state index contributed by atoms with van der Waals surface area (Å²) in [4.78, 5) is 18.6. The fourth-order valence-corrected chi connectivity index (χ4v) is 4.05. The van der Waals surface area contributed by atoms with E-state index in [0.717, 1.165) is 18.0 Å². The van der Waals surface area contributed by atoms with Gasteiger partial charge in [-0.1, -0.05) is 18.2 Å². The molecule has 0 aliphatic carbocycles. The van der Waals surface area contributed by atoms with Gasteiger partial charge in [-0.05, 0) is 25.5 Å². The van der Waals surface area contributed by atoms with E-state index < -0.39 is 0 Å². The van der Waals surface area contributed by atoms with Gasteiger partial charge in [-0.2, -0.15) is 0 Å². The number of carbonyl (C=O) groups excluding carboxylic acids is 1. The number of halogens is 1. The van der Waals surface area contributed by atoms with Crippen molar-refractivity contribution >= 4 is 22.4 Å². The number of aromatic nitrogens is 1. The van der Waals surface area contributed by atoms with Crippen LogP contribution in [0.2, 0.25) is 0 Å². The van der Waals surface area contributed by atoms with Crippen LogP contribution in [0.4, 0.5) is 9.52 Å². The Labute approximate surface area is 150 Å². The van der Waals surface area contributed by atoms with Crippen molar-refractivity contribution in [1.29, 1.82) is 0 Å². The second-order valence-electron chi connectivity index (χ2n) is 6.54. The van der Waals surface area contributed by atoms with Crippen LogP contribution >= 0.6 is 11.3 Å². The standard InChI is InChI=1S/C18H22FN3O2S/c1-12-9-22(10-13(2)24-12)11-17(23)21-18-20-8-15(25-18)7-14-5-3-4-6-16(14)19/h3-6,8,12-13H,7,9-11H2,1-2H3,(H,20,21,23)/p+1/t12-,13-/m0/s1. The highest BCUT2D eigenvalue weighted by molar-refractivity contribution is 7.15. The van der Waals surface area contributed by atoms with Crippen LogP contribution in [0.15, 0.2) is 30.5 Å². The van der Waals surface area contributed by atoms with Crippen LogP contribution in [0.25, 0.3) is 0 Å². The van der Waals surface area contributed by atoms with Crippen molar-refractivity contribution < 1.29 is 18.8 Å². The Kier molecular flexibility index (Phi) is 5.78. The average molecular weight is 364 g/mol. The molecule has 7 heteroatoms. The van der Waals surface area contributed by atoms with E-state index in [-0.39, 0.29) is 23.9 Å². The Morgan fingerprint density at radius 3 is 2.80 bits per heavy atom. The fourth-order valence-electron chi connectivity index (χ4n) is 3.20. The molecule has 1 saturated heterocycles. The molecule has 1 aromatic carbocycles. The number of rotatable bonds is 5. The molecule has 1 amide bonds. The van der Waals surface area contributed by atoms with E-state index in [9.17, 15) is 9.18 Å². The second-order valence-corrected chi connectivity index (χ2v) is 7.66. The summed E-state index contributed by atoms with van der Waals surface area (Å²) in [6.45, 7) is 6.12. The summed E-state index contributed by atoms with van der Waals surface area (Å²) in [7, 11) is 0. The van der Waals surface area contributed by atoms with Gasteiger partial charge in [0, 0.05) is 17.5 Å². The third-order valence-electron chi connectivity index (χ3n) is 4.15. The topological polar surface area (TPSA) is 55.7 Å². The van der Waals surface area contributed by atoms with E-state index in [1.807, 2.05) is 19.9 Å². The number of hydrogen-bond donors (Lipinski definition) is 2. The van der Waals surface area contributed by atoms with Crippen molar-refractivity contribution in [2.24, 2.45) is 0 Å². The maximum Gasteiger partial charge on any atom is 0.281 e. The van der Waals surface area contributed by atoms with Gasteiger partial charge in [0.25, 0.3) is 5.91 Å². The molecule has 2 N–H and O–H groups in total. The lowest BCUT2D eigenvalue weighted by molar-refractivity contribution is -0.907. The summed E-state index contributed by atoms with van der Waals surface area (Å²) < 4.78 is 19.4. The Hall–Kier alpha value is -1.83. The minimum Gasteiger partial charge on any atom is -0.364 e. The molecule has 5 nitrogen and oxygen atoms in total. The Morgan fingerprint density at radius 2 is 2.08 bits per heavy atom. The van der Waals surface area contributed by atoms with Gasteiger partial charge in [0.15, 0.2) is 11.7 Å². The summed E-state index contributed by atoms with van der Waals surface area (Å²) in [6, 6.07) is 6.70. The van der Waals surface area contributed by atoms with E-state index in [4.69, 9.17) is 4.74 Å². The molecule has 0 saturated carbocycles. The lowest BCUT2D eigenvalue weighted by atomic mass is 10.1.